The molecule has 1 heterocycles. The number of hydrogen-bond donors (Lipinski definition) is 2. The standard InChI is InChI=1S/C13H16N4O2.ClH/c14-7-1-2-8-15-11-5-6-12(17(18)19)10-4-3-9-16-13(10)11;/h3-6,9,15H,1-2,7-8,14H2;1H. The molecule has 6 nitrogen and oxygen atoms in total. The molecule has 108 valence electrons. The van der Waals surface area contributed by atoms with Crippen molar-refractivity contribution in [3.63, 3.8) is 0 Å². The first-order valence-electron chi connectivity index (χ1n) is 6.20. The number of pyridine rings is 1. The fourth-order valence-electron chi connectivity index (χ4n) is 1.95. The van der Waals surface area contributed by atoms with Crippen LogP contribution in [0.2, 0.25) is 0 Å². The number of nitrogens with one attached hydrogen (secondary N) is 1. The molecule has 0 aliphatic carbocycles. The number of non-ortho nitro benzene ring substituents is 1. The summed E-state index contributed by atoms with van der Waals surface area (Å²) in [6.07, 6.45) is 3.55. The lowest BCUT2D eigenvalue weighted by Gasteiger charge is -2.08. The van der Waals surface area contributed by atoms with Gasteiger partial charge >= 0.3 is 0 Å². The van der Waals surface area contributed by atoms with Crippen molar-refractivity contribution < 1.29 is 4.92 Å². The van der Waals surface area contributed by atoms with E-state index in [9.17, 15) is 10.1 Å². The number of fused-ring (bicyclic) bond motifs is 1. The summed E-state index contributed by atoms with van der Waals surface area (Å²) < 4.78 is 0. The van der Waals surface area contributed by atoms with Crippen LogP contribution in [0.25, 0.3) is 10.9 Å². The second-order valence-electron chi connectivity index (χ2n) is 4.21. The predicted octanol–water partition coefficient (Wildman–Crippen LogP) is 2.72. The van der Waals surface area contributed by atoms with Crippen molar-refractivity contribution in [1.82, 2.24) is 4.98 Å². The van der Waals surface area contributed by atoms with Crippen molar-refractivity contribution in [3.05, 3.63) is 40.6 Å². The molecule has 0 unspecified atom stereocenters. The molecule has 0 spiro atoms. The molecule has 1 aromatic carbocycles. The first kappa shape index (κ1) is 16.1. The lowest BCUT2D eigenvalue weighted by Crippen LogP contribution is -2.06. The second-order valence-corrected chi connectivity index (χ2v) is 4.21. The van der Waals surface area contributed by atoms with Crippen LogP contribution in [-0.4, -0.2) is 23.0 Å². The number of benzene rings is 1. The molecule has 20 heavy (non-hydrogen) atoms. The fraction of sp³-hybridized carbons (Fsp3) is 0.308. The van der Waals surface area contributed by atoms with E-state index in [0.29, 0.717) is 17.4 Å². The van der Waals surface area contributed by atoms with Gasteiger partial charge in [-0.3, -0.25) is 15.1 Å². The van der Waals surface area contributed by atoms with Crippen molar-refractivity contribution in [2.24, 2.45) is 5.73 Å². The normalized spacial score (nSPS) is 10.1. The minimum Gasteiger partial charge on any atom is -0.383 e. The van der Waals surface area contributed by atoms with Gasteiger partial charge in [0.15, 0.2) is 0 Å². The molecule has 0 radical (unpaired) electrons. The first-order chi connectivity index (χ1) is 9.24. The Bertz CT molecular complexity index is 592. The average Bonchev–Trinajstić information content (AvgIpc) is 2.43. The maximum absolute atomic E-state index is 11.0. The van der Waals surface area contributed by atoms with Gasteiger partial charge in [0.05, 0.1) is 16.0 Å². The molecule has 0 bridgehead atoms. The third kappa shape index (κ3) is 3.55. The van der Waals surface area contributed by atoms with Gasteiger partial charge in [-0.2, -0.15) is 0 Å². The van der Waals surface area contributed by atoms with E-state index in [0.717, 1.165) is 25.1 Å². The van der Waals surface area contributed by atoms with Gasteiger partial charge in [-0.25, -0.2) is 0 Å². The Hall–Kier alpha value is -1.92. The molecule has 0 saturated carbocycles. The molecule has 2 rings (SSSR count). The zero-order valence-electron chi connectivity index (χ0n) is 10.9. The number of aromatic nitrogens is 1. The van der Waals surface area contributed by atoms with Crippen LogP contribution >= 0.6 is 12.4 Å². The highest BCUT2D eigenvalue weighted by atomic mass is 35.5. The largest absolute Gasteiger partial charge is 0.383 e. The van der Waals surface area contributed by atoms with Crippen molar-refractivity contribution >= 4 is 34.7 Å². The summed E-state index contributed by atoms with van der Waals surface area (Å²) in [5, 5.41) is 14.8. The van der Waals surface area contributed by atoms with Gasteiger partial charge in [-0.05, 0) is 37.6 Å². The quantitative estimate of drug-likeness (QED) is 0.485. The SMILES string of the molecule is Cl.NCCCCNc1ccc([N+](=O)[O-])c2cccnc12. The third-order valence-electron chi connectivity index (χ3n) is 2.89. The van der Waals surface area contributed by atoms with Crippen molar-refractivity contribution in [2.45, 2.75) is 12.8 Å². The van der Waals surface area contributed by atoms with Crippen LogP contribution in [0.1, 0.15) is 12.8 Å². The Morgan fingerprint density at radius 3 is 2.80 bits per heavy atom. The van der Waals surface area contributed by atoms with E-state index < -0.39 is 0 Å². The van der Waals surface area contributed by atoms with Gasteiger partial charge in [-0.1, -0.05) is 0 Å². The van der Waals surface area contributed by atoms with Crippen LogP contribution < -0.4 is 11.1 Å². The van der Waals surface area contributed by atoms with Crippen molar-refractivity contribution in [2.75, 3.05) is 18.4 Å². The second kappa shape index (κ2) is 7.62. The van der Waals surface area contributed by atoms with Gasteiger partial charge in [0.2, 0.25) is 0 Å². The summed E-state index contributed by atoms with van der Waals surface area (Å²) >= 11 is 0. The van der Waals surface area contributed by atoms with Gasteiger partial charge in [0.25, 0.3) is 5.69 Å². The molecule has 0 saturated heterocycles. The highest BCUT2D eigenvalue weighted by Gasteiger charge is 2.14. The maximum Gasteiger partial charge on any atom is 0.278 e. The van der Waals surface area contributed by atoms with Crippen LogP contribution in [0, 0.1) is 10.1 Å². The van der Waals surface area contributed by atoms with Crippen molar-refractivity contribution in [3.8, 4) is 0 Å². The number of unbranched alkanes of at least 4 members (excludes halogenated alkanes) is 1. The number of nitro groups is 1. The summed E-state index contributed by atoms with van der Waals surface area (Å²) in [5.74, 6) is 0. The molecule has 0 fully saturated rings. The number of nitrogens with two attached hydrogens (primary N) is 1. The Kier molecular flexibility index (Phi) is 6.14. The summed E-state index contributed by atoms with van der Waals surface area (Å²) in [7, 11) is 0. The summed E-state index contributed by atoms with van der Waals surface area (Å²) in [4.78, 5) is 14.8. The molecule has 0 atom stereocenters. The highest BCUT2D eigenvalue weighted by molar-refractivity contribution is 5.96. The minimum absolute atomic E-state index is 0. The average molecular weight is 297 g/mol. The van der Waals surface area contributed by atoms with Crippen LogP contribution in [0.15, 0.2) is 30.5 Å². The molecule has 0 aliphatic rings. The van der Waals surface area contributed by atoms with E-state index in [1.807, 2.05) is 0 Å². The third-order valence-corrected chi connectivity index (χ3v) is 2.89. The number of nitro benzene ring substituents is 1. The minimum atomic E-state index is -0.387. The summed E-state index contributed by atoms with van der Waals surface area (Å²) in [6, 6.07) is 6.63. The van der Waals surface area contributed by atoms with E-state index in [1.165, 1.54) is 6.07 Å². The maximum atomic E-state index is 11.0. The van der Waals surface area contributed by atoms with E-state index in [1.54, 1.807) is 24.4 Å². The van der Waals surface area contributed by atoms with Crippen LogP contribution in [0.4, 0.5) is 11.4 Å². The lowest BCUT2D eigenvalue weighted by atomic mass is 10.1. The first-order valence-corrected chi connectivity index (χ1v) is 6.20. The molecule has 1 aromatic heterocycles. The van der Waals surface area contributed by atoms with Crippen molar-refractivity contribution in [1.29, 1.82) is 0 Å². The number of halogens is 1. The number of nitrogens with zero attached hydrogens (tertiary/aromatic N) is 2. The molecule has 3 N–H and O–H groups in total. The summed E-state index contributed by atoms with van der Waals surface area (Å²) in [6.45, 7) is 1.45. The molecule has 2 aromatic rings. The van der Waals surface area contributed by atoms with Crippen LogP contribution in [-0.2, 0) is 0 Å². The van der Waals surface area contributed by atoms with E-state index in [2.05, 4.69) is 10.3 Å². The van der Waals surface area contributed by atoms with E-state index >= 15 is 0 Å². The number of hydrogen-bond acceptors (Lipinski definition) is 5. The molecule has 0 aliphatic heterocycles. The molecular weight excluding hydrogens is 280 g/mol. The Morgan fingerprint density at radius 2 is 2.10 bits per heavy atom. The molecule has 7 heteroatoms. The monoisotopic (exact) mass is 296 g/mol. The van der Waals surface area contributed by atoms with Gasteiger partial charge < -0.3 is 11.1 Å². The Balaban J connectivity index is 0.00000200. The predicted molar refractivity (Wildman–Crippen MR) is 82.4 cm³/mol. The highest BCUT2D eigenvalue weighted by Crippen LogP contribution is 2.29. The lowest BCUT2D eigenvalue weighted by molar-refractivity contribution is -0.383. The van der Waals surface area contributed by atoms with Crippen LogP contribution in [0.5, 0.6) is 0 Å². The van der Waals surface area contributed by atoms with E-state index in [4.69, 9.17) is 5.73 Å². The number of rotatable bonds is 6. The molecular formula is C13H17ClN4O2. The van der Waals surface area contributed by atoms with Gasteiger partial charge in [0, 0.05) is 18.8 Å². The molecule has 0 amide bonds. The van der Waals surface area contributed by atoms with Crippen LogP contribution in [0.3, 0.4) is 0 Å². The zero-order chi connectivity index (χ0) is 13.7. The topological polar surface area (TPSA) is 94.1 Å². The van der Waals surface area contributed by atoms with E-state index in [-0.39, 0.29) is 23.0 Å². The van der Waals surface area contributed by atoms with Gasteiger partial charge in [-0.15, -0.1) is 12.4 Å². The van der Waals surface area contributed by atoms with Gasteiger partial charge in [0.1, 0.15) is 5.52 Å². The fourth-order valence-corrected chi connectivity index (χ4v) is 1.95. The summed E-state index contributed by atoms with van der Waals surface area (Å²) in [5.41, 5.74) is 6.96. The Labute approximate surface area is 122 Å². The zero-order valence-corrected chi connectivity index (χ0v) is 11.7. The smallest absolute Gasteiger partial charge is 0.278 e. The number of anilines is 1. The Morgan fingerprint density at radius 1 is 1.30 bits per heavy atom.